The largest absolute Gasteiger partial charge is 0.493 e. The summed E-state index contributed by atoms with van der Waals surface area (Å²) in [6, 6.07) is 2.95. The molecule has 0 saturated heterocycles. The van der Waals surface area contributed by atoms with Crippen molar-refractivity contribution < 1.29 is 19.0 Å². The molecule has 106 valence electrons. The molecule has 1 rings (SSSR count). The Kier molecular flexibility index (Phi) is 5.44. The van der Waals surface area contributed by atoms with Crippen LogP contribution < -0.4 is 25.3 Å². The zero-order valence-electron chi connectivity index (χ0n) is 11.6. The summed E-state index contributed by atoms with van der Waals surface area (Å²) in [5.41, 5.74) is 6.63. The number of hydrogen-bond donors (Lipinski definition) is 2. The second-order valence-electron chi connectivity index (χ2n) is 3.96. The van der Waals surface area contributed by atoms with Crippen molar-refractivity contribution in [2.75, 3.05) is 28.4 Å². The van der Waals surface area contributed by atoms with E-state index in [0.29, 0.717) is 23.7 Å². The molecule has 3 N–H and O–H groups in total. The number of nitrogens with two attached hydrogens (primary N) is 1. The highest BCUT2D eigenvalue weighted by Gasteiger charge is 2.17. The van der Waals surface area contributed by atoms with Crippen LogP contribution in [-0.4, -0.2) is 40.3 Å². The predicted octanol–water partition coefficient (Wildman–Crippen LogP) is 0.328. The van der Waals surface area contributed by atoms with E-state index in [-0.39, 0.29) is 5.91 Å². The van der Waals surface area contributed by atoms with E-state index < -0.39 is 6.04 Å². The topological polar surface area (TPSA) is 82.8 Å². The Morgan fingerprint density at radius 3 is 2.11 bits per heavy atom. The molecular formula is C13H20N2O4. The lowest BCUT2D eigenvalue weighted by molar-refractivity contribution is -0.121. The Morgan fingerprint density at radius 2 is 1.74 bits per heavy atom. The SMILES string of the molecule is CNC(=O)C(N)Cc1cc(OC)c(OC)c(OC)c1. The van der Waals surface area contributed by atoms with Crippen LogP contribution in [0.1, 0.15) is 5.56 Å². The van der Waals surface area contributed by atoms with E-state index in [2.05, 4.69) is 5.32 Å². The monoisotopic (exact) mass is 268 g/mol. The lowest BCUT2D eigenvalue weighted by Crippen LogP contribution is -2.40. The van der Waals surface area contributed by atoms with Gasteiger partial charge in [0.2, 0.25) is 11.7 Å². The van der Waals surface area contributed by atoms with Crippen LogP contribution in [0.25, 0.3) is 0 Å². The first-order valence-corrected chi connectivity index (χ1v) is 5.83. The van der Waals surface area contributed by atoms with Gasteiger partial charge in [-0.15, -0.1) is 0 Å². The average molecular weight is 268 g/mol. The summed E-state index contributed by atoms with van der Waals surface area (Å²) in [7, 11) is 6.17. The van der Waals surface area contributed by atoms with Crippen molar-refractivity contribution in [1.82, 2.24) is 5.32 Å². The Balaban J connectivity index is 3.06. The Hall–Kier alpha value is -1.95. The van der Waals surface area contributed by atoms with Gasteiger partial charge in [0.1, 0.15) is 0 Å². The van der Waals surface area contributed by atoms with Gasteiger partial charge in [-0.3, -0.25) is 4.79 Å². The van der Waals surface area contributed by atoms with Crippen molar-refractivity contribution in [2.24, 2.45) is 5.73 Å². The van der Waals surface area contributed by atoms with E-state index in [1.807, 2.05) is 0 Å². The summed E-state index contributed by atoms with van der Waals surface area (Å²) >= 11 is 0. The maximum Gasteiger partial charge on any atom is 0.237 e. The number of benzene rings is 1. The third-order valence-corrected chi connectivity index (χ3v) is 2.76. The summed E-state index contributed by atoms with van der Waals surface area (Å²) in [5, 5.41) is 2.51. The van der Waals surface area contributed by atoms with Gasteiger partial charge in [-0.05, 0) is 24.1 Å². The van der Waals surface area contributed by atoms with Crippen molar-refractivity contribution in [2.45, 2.75) is 12.5 Å². The second-order valence-corrected chi connectivity index (χ2v) is 3.96. The van der Waals surface area contributed by atoms with Crippen LogP contribution in [0.15, 0.2) is 12.1 Å². The minimum atomic E-state index is -0.618. The maximum absolute atomic E-state index is 11.4. The first-order chi connectivity index (χ1) is 9.07. The summed E-state index contributed by atoms with van der Waals surface area (Å²) in [6.45, 7) is 0. The molecule has 0 aromatic heterocycles. The van der Waals surface area contributed by atoms with Crippen LogP contribution in [0.5, 0.6) is 17.2 Å². The number of likely N-dealkylation sites (N-methyl/N-ethyl adjacent to an activating group) is 1. The average Bonchev–Trinajstić information content (AvgIpc) is 2.44. The quantitative estimate of drug-likeness (QED) is 0.777. The van der Waals surface area contributed by atoms with Crippen LogP contribution in [0.4, 0.5) is 0 Å². The lowest BCUT2D eigenvalue weighted by atomic mass is 10.0. The fourth-order valence-electron chi connectivity index (χ4n) is 1.79. The normalized spacial score (nSPS) is 11.6. The minimum Gasteiger partial charge on any atom is -0.493 e. The summed E-state index contributed by atoms with van der Waals surface area (Å²) in [4.78, 5) is 11.4. The number of carbonyl (C=O) groups excluding carboxylic acids is 1. The molecular weight excluding hydrogens is 248 g/mol. The van der Waals surface area contributed by atoms with Gasteiger partial charge in [-0.2, -0.15) is 0 Å². The van der Waals surface area contributed by atoms with E-state index in [1.165, 1.54) is 7.11 Å². The fraction of sp³-hybridized carbons (Fsp3) is 0.462. The molecule has 0 radical (unpaired) electrons. The Labute approximate surface area is 112 Å². The van der Waals surface area contributed by atoms with Gasteiger partial charge in [-0.1, -0.05) is 0 Å². The lowest BCUT2D eigenvalue weighted by Gasteiger charge is -2.15. The van der Waals surface area contributed by atoms with Gasteiger partial charge >= 0.3 is 0 Å². The second kappa shape index (κ2) is 6.84. The molecule has 1 unspecified atom stereocenters. The molecule has 0 spiro atoms. The van der Waals surface area contributed by atoms with Crippen LogP contribution in [-0.2, 0) is 11.2 Å². The minimum absolute atomic E-state index is 0.214. The molecule has 0 saturated carbocycles. The van der Waals surface area contributed by atoms with Crippen molar-refractivity contribution >= 4 is 5.91 Å². The standard InChI is InChI=1S/C13H20N2O4/c1-15-13(16)9(14)5-8-6-10(17-2)12(19-4)11(7-8)18-3/h6-7,9H,5,14H2,1-4H3,(H,15,16). The zero-order valence-corrected chi connectivity index (χ0v) is 11.6. The number of amides is 1. The van der Waals surface area contributed by atoms with Crippen LogP contribution in [0, 0.1) is 0 Å². The maximum atomic E-state index is 11.4. The van der Waals surface area contributed by atoms with E-state index in [9.17, 15) is 4.79 Å². The van der Waals surface area contributed by atoms with Gasteiger partial charge < -0.3 is 25.3 Å². The van der Waals surface area contributed by atoms with E-state index in [1.54, 1.807) is 33.4 Å². The molecule has 6 nitrogen and oxygen atoms in total. The van der Waals surface area contributed by atoms with Gasteiger partial charge in [0.05, 0.1) is 27.4 Å². The third-order valence-electron chi connectivity index (χ3n) is 2.76. The molecule has 6 heteroatoms. The highest BCUT2D eigenvalue weighted by molar-refractivity contribution is 5.81. The number of rotatable bonds is 6. The molecule has 1 aromatic rings. The highest BCUT2D eigenvalue weighted by Crippen LogP contribution is 2.38. The Morgan fingerprint density at radius 1 is 1.21 bits per heavy atom. The first kappa shape index (κ1) is 15.1. The molecule has 19 heavy (non-hydrogen) atoms. The van der Waals surface area contributed by atoms with E-state index in [0.717, 1.165) is 5.56 Å². The zero-order chi connectivity index (χ0) is 14.4. The Bertz CT molecular complexity index is 423. The molecule has 0 bridgehead atoms. The molecule has 0 aliphatic heterocycles. The molecule has 0 aliphatic carbocycles. The number of nitrogens with one attached hydrogen (secondary N) is 1. The number of ether oxygens (including phenoxy) is 3. The molecule has 1 amide bonds. The highest BCUT2D eigenvalue weighted by atomic mass is 16.5. The van der Waals surface area contributed by atoms with E-state index >= 15 is 0 Å². The molecule has 1 atom stereocenters. The summed E-state index contributed by atoms with van der Waals surface area (Å²) in [6.07, 6.45) is 0.385. The molecule has 0 aliphatic rings. The molecule has 0 fully saturated rings. The predicted molar refractivity (Wildman–Crippen MR) is 71.8 cm³/mol. The van der Waals surface area contributed by atoms with Crippen molar-refractivity contribution in [3.63, 3.8) is 0 Å². The van der Waals surface area contributed by atoms with Crippen LogP contribution in [0.2, 0.25) is 0 Å². The van der Waals surface area contributed by atoms with Gasteiger partial charge in [-0.25, -0.2) is 0 Å². The first-order valence-electron chi connectivity index (χ1n) is 5.83. The van der Waals surface area contributed by atoms with Crippen molar-refractivity contribution in [3.05, 3.63) is 17.7 Å². The van der Waals surface area contributed by atoms with Gasteiger partial charge in [0, 0.05) is 7.05 Å². The summed E-state index contributed by atoms with van der Waals surface area (Å²) < 4.78 is 15.7. The smallest absolute Gasteiger partial charge is 0.237 e. The van der Waals surface area contributed by atoms with E-state index in [4.69, 9.17) is 19.9 Å². The number of hydrogen-bond acceptors (Lipinski definition) is 5. The van der Waals surface area contributed by atoms with Crippen molar-refractivity contribution in [3.8, 4) is 17.2 Å². The molecule has 1 aromatic carbocycles. The van der Waals surface area contributed by atoms with Gasteiger partial charge in [0.15, 0.2) is 11.5 Å². The number of carbonyl (C=O) groups is 1. The van der Waals surface area contributed by atoms with Gasteiger partial charge in [0.25, 0.3) is 0 Å². The van der Waals surface area contributed by atoms with Crippen molar-refractivity contribution in [1.29, 1.82) is 0 Å². The molecule has 0 heterocycles. The van der Waals surface area contributed by atoms with Crippen LogP contribution >= 0.6 is 0 Å². The third kappa shape index (κ3) is 3.51. The summed E-state index contributed by atoms with van der Waals surface area (Å²) in [5.74, 6) is 1.39. The fourth-order valence-corrected chi connectivity index (χ4v) is 1.79. The number of methoxy groups -OCH3 is 3. The van der Waals surface area contributed by atoms with Crippen LogP contribution in [0.3, 0.4) is 0 Å².